The van der Waals surface area contributed by atoms with Gasteiger partial charge in [0.05, 0.1) is 24.3 Å². The molecule has 29 heavy (non-hydrogen) atoms. The Morgan fingerprint density at radius 1 is 1.41 bits per heavy atom. The minimum atomic E-state index is 0.0472. The molecule has 1 aromatic carbocycles. The molecule has 0 radical (unpaired) electrons. The topological polar surface area (TPSA) is 92.8 Å². The largest absolute Gasteiger partial charge is 0.376 e. The van der Waals surface area contributed by atoms with Crippen molar-refractivity contribution < 1.29 is 9.53 Å². The lowest BCUT2D eigenvalue weighted by Gasteiger charge is -2.08. The summed E-state index contributed by atoms with van der Waals surface area (Å²) in [5, 5.41) is 22.1. The third-order valence-corrected chi connectivity index (χ3v) is 6.81. The number of rotatable bonds is 9. The zero-order chi connectivity index (χ0) is 20.1. The summed E-state index contributed by atoms with van der Waals surface area (Å²) >= 11 is 2.85. The highest BCUT2D eigenvalue weighted by Gasteiger charge is 2.18. The number of carbonyl (C=O) groups excluding carboxylic acids is 1. The maximum Gasteiger partial charge on any atom is 0.206 e. The summed E-state index contributed by atoms with van der Waals surface area (Å²) in [6, 6.07) is 9.96. The summed E-state index contributed by atoms with van der Waals surface area (Å²) in [5.74, 6) is 0.345. The number of nitrogens with one attached hydrogen (secondary N) is 1. The van der Waals surface area contributed by atoms with Crippen LogP contribution in [0.1, 0.15) is 29.6 Å². The summed E-state index contributed by atoms with van der Waals surface area (Å²) in [7, 11) is 0. The quantitative estimate of drug-likeness (QED) is 0.408. The molecule has 1 saturated heterocycles. The zero-order valence-electron chi connectivity index (χ0n) is 15.8. The molecule has 1 aliphatic rings. The third-order valence-electron chi connectivity index (χ3n) is 4.79. The van der Waals surface area contributed by atoms with Crippen molar-refractivity contribution >= 4 is 44.9 Å². The second-order valence-corrected chi connectivity index (χ2v) is 8.96. The van der Waals surface area contributed by atoms with Gasteiger partial charge in [-0.15, -0.1) is 10.2 Å². The molecule has 1 aliphatic heterocycles. The van der Waals surface area contributed by atoms with Crippen LogP contribution in [-0.4, -0.2) is 45.6 Å². The fraction of sp³-hybridized carbons (Fsp3) is 0.400. The van der Waals surface area contributed by atoms with Crippen molar-refractivity contribution in [2.75, 3.05) is 24.2 Å². The smallest absolute Gasteiger partial charge is 0.206 e. The van der Waals surface area contributed by atoms with Crippen LogP contribution in [0.25, 0.3) is 10.9 Å². The molecule has 0 bridgehead atoms. The van der Waals surface area contributed by atoms with Crippen molar-refractivity contribution in [1.29, 1.82) is 5.26 Å². The number of benzene rings is 1. The molecule has 150 valence electrons. The number of Topliss-reactive ketones (excluding diaryl/α,β-unsaturated/α-hetero) is 1. The maximum absolute atomic E-state index is 12.9. The number of anilines is 1. The fourth-order valence-electron chi connectivity index (χ4n) is 3.38. The lowest BCUT2D eigenvalue weighted by atomic mass is 10.1. The van der Waals surface area contributed by atoms with Crippen LogP contribution in [0.15, 0.2) is 34.8 Å². The van der Waals surface area contributed by atoms with Crippen LogP contribution in [0, 0.1) is 11.3 Å². The van der Waals surface area contributed by atoms with Gasteiger partial charge < -0.3 is 14.6 Å². The van der Waals surface area contributed by atoms with Gasteiger partial charge in [-0.3, -0.25) is 4.79 Å². The number of fused-ring (bicyclic) bond motifs is 1. The molecular formula is C20H21N5O2S2. The highest BCUT2D eigenvalue weighted by molar-refractivity contribution is 8.01. The second kappa shape index (κ2) is 9.39. The zero-order valence-corrected chi connectivity index (χ0v) is 17.5. The number of hydrogen-bond acceptors (Lipinski definition) is 8. The Bertz CT molecular complexity index is 1030. The van der Waals surface area contributed by atoms with Crippen LogP contribution in [0.5, 0.6) is 0 Å². The van der Waals surface area contributed by atoms with Gasteiger partial charge in [0.1, 0.15) is 0 Å². The lowest BCUT2D eigenvalue weighted by molar-refractivity contribution is 0.102. The van der Waals surface area contributed by atoms with Gasteiger partial charge in [-0.25, -0.2) is 0 Å². The van der Waals surface area contributed by atoms with E-state index in [0.717, 1.165) is 46.4 Å². The molecule has 9 heteroatoms. The van der Waals surface area contributed by atoms with Gasteiger partial charge in [-0.05, 0) is 18.9 Å². The molecule has 7 nitrogen and oxygen atoms in total. The molecule has 1 unspecified atom stereocenters. The van der Waals surface area contributed by atoms with Crippen LogP contribution >= 0.6 is 23.1 Å². The van der Waals surface area contributed by atoms with Gasteiger partial charge >= 0.3 is 0 Å². The molecule has 0 saturated carbocycles. The Morgan fingerprint density at radius 2 is 2.31 bits per heavy atom. The number of thioether (sulfide) groups is 1. The number of hydrogen-bond donors (Lipinski definition) is 1. The van der Waals surface area contributed by atoms with Gasteiger partial charge in [-0.1, -0.05) is 41.3 Å². The van der Waals surface area contributed by atoms with E-state index >= 15 is 0 Å². The maximum atomic E-state index is 12.9. The Kier molecular flexibility index (Phi) is 6.44. The average molecular weight is 428 g/mol. The van der Waals surface area contributed by atoms with E-state index in [1.54, 1.807) is 0 Å². The Morgan fingerprint density at radius 3 is 3.14 bits per heavy atom. The summed E-state index contributed by atoms with van der Waals surface area (Å²) in [6.45, 7) is 2.15. The van der Waals surface area contributed by atoms with E-state index in [9.17, 15) is 4.79 Å². The van der Waals surface area contributed by atoms with E-state index in [1.165, 1.54) is 23.1 Å². The molecule has 3 aromatic rings. The molecule has 0 amide bonds. The summed E-state index contributed by atoms with van der Waals surface area (Å²) in [5.41, 5.74) is 1.67. The van der Waals surface area contributed by atoms with E-state index in [2.05, 4.69) is 21.6 Å². The predicted octanol–water partition coefficient (Wildman–Crippen LogP) is 3.97. The lowest BCUT2D eigenvalue weighted by Crippen LogP contribution is -2.18. The monoisotopic (exact) mass is 427 g/mol. The van der Waals surface area contributed by atoms with Crippen molar-refractivity contribution in [3.8, 4) is 6.07 Å². The number of ketones is 1. The van der Waals surface area contributed by atoms with Gasteiger partial charge in [0.15, 0.2) is 10.1 Å². The molecular weight excluding hydrogens is 406 g/mol. The van der Waals surface area contributed by atoms with Crippen LogP contribution in [0.3, 0.4) is 0 Å². The predicted molar refractivity (Wildman–Crippen MR) is 115 cm³/mol. The van der Waals surface area contributed by atoms with E-state index in [-0.39, 0.29) is 11.9 Å². The molecule has 0 aliphatic carbocycles. The molecule has 1 N–H and O–H groups in total. The number of para-hydroxylation sites is 1. The molecule has 0 spiro atoms. The first-order valence-corrected chi connectivity index (χ1v) is 11.3. The molecule has 2 aromatic heterocycles. The summed E-state index contributed by atoms with van der Waals surface area (Å²) < 4.78 is 8.34. The third kappa shape index (κ3) is 4.78. The number of carbonyl (C=O) groups is 1. The highest BCUT2D eigenvalue weighted by Crippen LogP contribution is 2.28. The van der Waals surface area contributed by atoms with Crippen molar-refractivity contribution in [2.45, 2.75) is 36.3 Å². The number of ether oxygens (including phenoxy) is 1. The Balaban J connectivity index is 1.38. The molecule has 4 rings (SSSR count). The minimum absolute atomic E-state index is 0.0472. The SMILES string of the molecule is N#CCCn1cc(C(=O)CSc2nnc(NCC3CCCO3)s2)c2ccccc21. The first-order valence-electron chi connectivity index (χ1n) is 9.54. The molecule has 3 heterocycles. The normalized spacial score (nSPS) is 16.2. The minimum Gasteiger partial charge on any atom is -0.376 e. The first-order chi connectivity index (χ1) is 14.2. The van der Waals surface area contributed by atoms with Gasteiger partial charge in [-0.2, -0.15) is 5.26 Å². The van der Waals surface area contributed by atoms with Crippen molar-refractivity contribution in [1.82, 2.24) is 14.8 Å². The van der Waals surface area contributed by atoms with Crippen LogP contribution < -0.4 is 5.32 Å². The van der Waals surface area contributed by atoms with Gasteiger partial charge in [0.2, 0.25) is 5.13 Å². The van der Waals surface area contributed by atoms with Crippen molar-refractivity contribution in [2.24, 2.45) is 0 Å². The van der Waals surface area contributed by atoms with Crippen LogP contribution in [0.2, 0.25) is 0 Å². The number of aryl methyl sites for hydroxylation is 1. The Labute approximate surface area is 177 Å². The molecule has 1 atom stereocenters. The van der Waals surface area contributed by atoms with E-state index < -0.39 is 0 Å². The Hall–Kier alpha value is -2.41. The average Bonchev–Trinajstić information content (AvgIpc) is 3.49. The first kappa shape index (κ1) is 19.9. The number of aromatic nitrogens is 3. The second-order valence-electron chi connectivity index (χ2n) is 6.76. The highest BCUT2D eigenvalue weighted by atomic mass is 32.2. The summed E-state index contributed by atoms with van der Waals surface area (Å²) in [4.78, 5) is 12.9. The van der Waals surface area contributed by atoms with Crippen LogP contribution in [0.4, 0.5) is 5.13 Å². The van der Waals surface area contributed by atoms with Gasteiger partial charge in [0.25, 0.3) is 0 Å². The van der Waals surface area contributed by atoms with E-state index in [4.69, 9.17) is 10.00 Å². The summed E-state index contributed by atoms with van der Waals surface area (Å²) in [6.07, 6.45) is 4.70. The number of nitrogens with zero attached hydrogens (tertiary/aromatic N) is 4. The fourth-order valence-corrected chi connectivity index (χ4v) is 5.02. The van der Waals surface area contributed by atoms with Crippen molar-refractivity contribution in [3.05, 3.63) is 36.0 Å². The van der Waals surface area contributed by atoms with E-state index in [1.807, 2.05) is 35.0 Å². The molecule has 1 fully saturated rings. The van der Waals surface area contributed by atoms with Gasteiger partial charge in [0, 0.05) is 42.4 Å². The van der Waals surface area contributed by atoms with Crippen molar-refractivity contribution in [3.63, 3.8) is 0 Å². The van der Waals surface area contributed by atoms with Crippen LogP contribution in [-0.2, 0) is 11.3 Å². The number of nitriles is 1. The van der Waals surface area contributed by atoms with E-state index in [0.29, 0.717) is 24.3 Å². The standard InChI is InChI=1S/C20H21N5O2S2/c21-8-4-9-25-12-16(15-6-1-2-7-17(15)25)18(26)13-28-20-24-23-19(29-20)22-11-14-5-3-10-27-14/h1-2,6-7,12,14H,3-5,9-11,13H2,(H,22,23).